The minimum Gasteiger partial charge on any atom is -0.344 e. The summed E-state index contributed by atoms with van der Waals surface area (Å²) >= 11 is 0. The highest BCUT2D eigenvalue weighted by Gasteiger charge is 2.30. The molecule has 4 aromatic rings. The van der Waals surface area contributed by atoms with Gasteiger partial charge in [0.15, 0.2) is 0 Å². The molecule has 0 bridgehead atoms. The summed E-state index contributed by atoms with van der Waals surface area (Å²) in [6, 6.07) is 18.5. The molecule has 182 valence electrons. The summed E-state index contributed by atoms with van der Waals surface area (Å²) in [7, 11) is 0. The number of nitrogens with one attached hydrogen (secondary N) is 1. The second-order valence-electron chi connectivity index (χ2n) is 9.18. The second kappa shape index (κ2) is 9.56. The largest absolute Gasteiger partial charge is 0.416 e. The molecule has 0 aliphatic heterocycles. The molecule has 4 rings (SSSR count). The van der Waals surface area contributed by atoms with Gasteiger partial charge in [0, 0.05) is 11.4 Å². The Morgan fingerprint density at radius 2 is 1.63 bits per heavy atom. The topological polar surface area (TPSA) is 46.9 Å². The van der Waals surface area contributed by atoms with Crippen LogP contribution in [0.3, 0.4) is 0 Å². The lowest BCUT2D eigenvalue weighted by molar-refractivity contribution is -0.137. The van der Waals surface area contributed by atoms with Crippen molar-refractivity contribution in [1.82, 2.24) is 15.1 Å². The third kappa shape index (κ3) is 5.24. The average molecular weight is 480 g/mol. The van der Waals surface area contributed by atoms with Crippen LogP contribution in [-0.2, 0) is 12.6 Å². The van der Waals surface area contributed by atoms with Gasteiger partial charge in [-0.1, -0.05) is 54.1 Å². The fourth-order valence-electron chi connectivity index (χ4n) is 4.20. The molecule has 0 spiro atoms. The fourth-order valence-corrected chi connectivity index (χ4v) is 4.20. The fraction of sp³-hybridized carbons (Fsp3) is 0.286. The highest BCUT2D eigenvalue weighted by molar-refractivity contribution is 6.06. The summed E-state index contributed by atoms with van der Waals surface area (Å²) in [5, 5.41) is 8.49. The highest BCUT2D eigenvalue weighted by atomic mass is 19.4. The summed E-state index contributed by atoms with van der Waals surface area (Å²) in [4.78, 5) is 13.6. The van der Waals surface area contributed by atoms with Crippen LogP contribution in [0.25, 0.3) is 10.9 Å². The summed E-state index contributed by atoms with van der Waals surface area (Å²) in [5.74, 6) is -0.242. The first-order chi connectivity index (χ1) is 16.5. The quantitative estimate of drug-likeness (QED) is 0.323. The molecule has 1 atom stereocenters. The zero-order valence-corrected chi connectivity index (χ0v) is 20.1. The molecule has 0 fully saturated rings. The van der Waals surface area contributed by atoms with Crippen molar-refractivity contribution < 1.29 is 18.0 Å². The van der Waals surface area contributed by atoms with Crippen LogP contribution in [0.15, 0.2) is 66.7 Å². The van der Waals surface area contributed by atoms with Crippen LogP contribution >= 0.6 is 0 Å². The van der Waals surface area contributed by atoms with Gasteiger partial charge in [-0.3, -0.25) is 9.48 Å². The minimum absolute atomic E-state index is 0.0586. The number of carbonyl (C=O) groups is 1. The number of rotatable bonds is 6. The standard InChI is InChI=1S/C28H28F3N3O/c1-17(2)34-26(27(35)32-19(4)21-12-8-18(3)9-13-21)25-22(6-5-7-24(25)33-34)16-20-10-14-23(15-11-20)28(29,30)31/h5-15,17,19H,16H2,1-4H3,(H,32,35)/t19-/m0/s1. The van der Waals surface area contributed by atoms with E-state index >= 15 is 0 Å². The predicted octanol–water partition coefficient (Wildman–Crippen LogP) is 7.03. The van der Waals surface area contributed by atoms with Crippen molar-refractivity contribution in [3.63, 3.8) is 0 Å². The minimum atomic E-state index is -4.38. The van der Waals surface area contributed by atoms with E-state index in [0.29, 0.717) is 17.6 Å². The molecule has 1 amide bonds. The molecule has 0 radical (unpaired) electrons. The van der Waals surface area contributed by atoms with E-state index in [9.17, 15) is 18.0 Å². The number of amides is 1. The lowest BCUT2D eigenvalue weighted by Crippen LogP contribution is -2.29. The molecule has 4 nitrogen and oxygen atoms in total. The molecule has 35 heavy (non-hydrogen) atoms. The Hall–Kier alpha value is -3.61. The van der Waals surface area contributed by atoms with Gasteiger partial charge in [-0.15, -0.1) is 0 Å². The zero-order valence-electron chi connectivity index (χ0n) is 20.1. The van der Waals surface area contributed by atoms with Crippen molar-refractivity contribution >= 4 is 16.8 Å². The van der Waals surface area contributed by atoms with E-state index in [2.05, 4.69) is 10.4 Å². The van der Waals surface area contributed by atoms with Gasteiger partial charge in [-0.25, -0.2) is 0 Å². The van der Waals surface area contributed by atoms with E-state index in [-0.39, 0.29) is 18.0 Å². The normalized spacial score (nSPS) is 12.8. The first kappa shape index (κ1) is 24.5. The van der Waals surface area contributed by atoms with Crippen molar-refractivity contribution in [2.24, 2.45) is 0 Å². The number of aryl methyl sites for hydroxylation is 1. The number of halogens is 3. The van der Waals surface area contributed by atoms with Gasteiger partial charge < -0.3 is 5.32 Å². The van der Waals surface area contributed by atoms with Crippen LogP contribution in [-0.4, -0.2) is 15.7 Å². The number of fused-ring (bicyclic) bond motifs is 1. The monoisotopic (exact) mass is 479 g/mol. The predicted molar refractivity (Wildman–Crippen MR) is 131 cm³/mol. The lowest BCUT2D eigenvalue weighted by atomic mass is 9.98. The Balaban J connectivity index is 1.71. The first-order valence-corrected chi connectivity index (χ1v) is 11.6. The summed E-state index contributed by atoms with van der Waals surface area (Å²) < 4.78 is 40.6. The van der Waals surface area contributed by atoms with Crippen molar-refractivity contribution in [2.75, 3.05) is 0 Å². The van der Waals surface area contributed by atoms with Gasteiger partial charge in [0.05, 0.1) is 17.1 Å². The van der Waals surface area contributed by atoms with Gasteiger partial charge in [0.1, 0.15) is 5.69 Å². The molecule has 3 aromatic carbocycles. The van der Waals surface area contributed by atoms with Crippen LogP contribution in [0.2, 0.25) is 0 Å². The molecule has 1 heterocycles. The maximum atomic E-state index is 13.6. The molecule has 1 N–H and O–H groups in total. The lowest BCUT2D eigenvalue weighted by Gasteiger charge is -2.17. The number of alkyl halides is 3. The molecule has 7 heteroatoms. The van der Waals surface area contributed by atoms with E-state index < -0.39 is 11.7 Å². The van der Waals surface area contributed by atoms with E-state index in [1.54, 1.807) is 4.68 Å². The van der Waals surface area contributed by atoms with Crippen LogP contribution in [0, 0.1) is 6.92 Å². The van der Waals surface area contributed by atoms with Crippen LogP contribution in [0.5, 0.6) is 0 Å². The van der Waals surface area contributed by atoms with Crippen molar-refractivity contribution in [1.29, 1.82) is 0 Å². The molecule has 0 saturated carbocycles. The average Bonchev–Trinajstić information content (AvgIpc) is 3.20. The number of nitrogens with zero attached hydrogens (tertiary/aromatic N) is 2. The molecule has 0 unspecified atom stereocenters. The van der Waals surface area contributed by atoms with E-state index in [4.69, 9.17) is 0 Å². The third-order valence-electron chi connectivity index (χ3n) is 6.12. The van der Waals surface area contributed by atoms with Gasteiger partial charge in [0.2, 0.25) is 0 Å². The maximum Gasteiger partial charge on any atom is 0.416 e. The van der Waals surface area contributed by atoms with Crippen molar-refractivity contribution in [3.8, 4) is 0 Å². The Morgan fingerprint density at radius 3 is 2.23 bits per heavy atom. The summed E-state index contributed by atoms with van der Waals surface area (Å²) in [5.41, 5.74) is 4.15. The summed E-state index contributed by atoms with van der Waals surface area (Å²) in [6.45, 7) is 7.87. The third-order valence-corrected chi connectivity index (χ3v) is 6.12. The van der Waals surface area contributed by atoms with Crippen LogP contribution in [0.4, 0.5) is 13.2 Å². The van der Waals surface area contributed by atoms with E-state index in [0.717, 1.165) is 39.8 Å². The Labute approximate surface area is 202 Å². The number of hydrogen-bond acceptors (Lipinski definition) is 2. The van der Waals surface area contributed by atoms with Crippen molar-refractivity contribution in [2.45, 2.75) is 52.4 Å². The molecular weight excluding hydrogens is 451 g/mol. The van der Waals surface area contributed by atoms with Gasteiger partial charge in [-0.2, -0.15) is 18.3 Å². The van der Waals surface area contributed by atoms with Gasteiger partial charge in [0.25, 0.3) is 5.91 Å². The number of benzene rings is 3. The SMILES string of the molecule is Cc1ccc([C@H](C)NC(=O)c2c3c(Cc4ccc(C(F)(F)F)cc4)cccc3nn2C(C)C)cc1. The number of aromatic nitrogens is 2. The summed E-state index contributed by atoms with van der Waals surface area (Å²) in [6.07, 6.45) is -4.00. The van der Waals surface area contributed by atoms with Crippen LogP contribution < -0.4 is 5.32 Å². The van der Waals surface area contributed by atoms with E-state index in [1.165, 1.54) is 12.1 Å². The Morgan fingerprint density at radius 1 is 0.971 bits per heavy atom. The first-order valence-electron chi connectivity index (χ1n) is 11.6. The van der Waals surface area contributed by atoms with Gasteiger partial charge in [-0.05, 0) is 69.0 Å². The molecule has 0 aliphatic rings. The van der Waals surface area contributed by atoms with Gasteiger partial charge >= 0.3 is 6.18 Å². The zero-order chi connectivity index (χ0) is 25.3. The highest BCUT2D eigenvalue weighted by Crippen LogP contribution is 2.31. The molecule has 1 aromatic heterocycles. The number of carbonyl (C=O) groups excluding carboxylic acids is 1. The number of hydrogen-bond donors (Lipinski definition) is 1. The maximum absolute atomic E-state index is 13.6. The smallest absolute Gasteiger partial charge is 0.344 e. The van der Waals surface area contributed by atoms with E-state index in [1.807, 2.05) is 70.2 Å². The molecule has 0 aliphatic carbocycles. The second-order valence-corrected chi connectivity index (χ2v) is 9.18. The van der Waals surface area contributed by atoms with Crippen molar-refractivity contribution in [3.05, 3.63) is 100 Å². The molecular formula is C28H28F3N3O. The molecule has 0 saturated heterocycles. The van der Waals surface area contributed by atoms with Crippen LogP contribution in [0.1, 0.15) is 71.2 Å². The Bertz CT molecular complexity index is 1340. The Kier molecular flexibility index (Phi) is 6.70.